The molecule has 0 spiro atoms. The maximum Gasteiger partial charge on any atom is 0.242 e. The van der Waals surface area contributed by atoms with Crippen molar-refractivity contribution in [1.29, 1.82) is 0 Å². The number of benzene rings is 2. The van der Waals surface area contributed by atoms with Crippen molar-refractivity contribution in [3.8, 4) is 0 Å². The lowest BCUT2D eigenvalue weighted by Gasteiger charge is -2.21. The monoisotopic (exact) mass is 362 g/mol. The summed E-state index contributed by atoms with van der Waals surface area (Å²) in [5, 5.41) is 5.59. The lowest BCUT2D eigenvalue weighted by molar-refractivity contribution is -0.129. The van der Waals surface area contributed by atoms with Crippen molar-refractivity contribution in [3.05, 3.63) is 95.9 Å². The van der Waals surface area contributed by atoms with Crippen LogP contribution < -0.4 is 10.6 Å². The van der Waals surface area contributed by atoms with Gasteiger partial charge in [0.1, 0.15) is 11.8 Å². The molecule has 0 aliphatic heterocycles. The number of rotatable bonds is 7. The van der Waals surface area contributed by atoms with E-state index < -0.39 is 12.0 Å². The highest BCUT2D eigenvalue weighted by molar-refractivity contribution is 5.92. The Balaban J connectivity index is 1.69. The molecule has 2 aromatic carbocycles. The van der Waals surface area contributed by atoms with Gasteiger partial charge in [0.25, 0.3) is 0 Å². The third-order valence-electron chi connectivity index (χ3n) is 4.30. The minimum atomic E-state index is -0.664. The SMILES string of the molecule is C[C@H](NC(=O)C(c1ccccc1)c1ccccc1)C(=O)NCc1ccco1. The normalized spacial score (nSPS) is 11.8. The summed E-state index contributed by atoms with van der Waals surface area (Å²) < 4.78 is 5.20. The molecule has 0 unspecified atom stereocenters. The van der Waals surface area contributed by atoms with Gasteiger partial charge < -0.3 is 15.1 Å². The first kappa shape index (κ1) is 18.5. The van der Waals surface area contributed by atoms with Crippen molar-refractivity contribution in [3.63, 3.8) is 0 Å². The molecule has 0 aliphatic rings. The van der Waals surface area contributed by atoms with E-state index in [2.05, 4.69) is 10.6 Å². The second kappa shape index (κ2) is 8.85. The molecule has 27 heavy (non-hydrogen) atoms. The van der Waals surface area contributed by atoms with Crippen molar-refractivity contribution in [1.82, 2.24) is 10.6 Å². The van der Waals surface area contributed by atoms with Gasteiger partial charge in [-0.2, -0.15) is 0 Å². The molecule has 0 saturated heterocycles. The lowest BCUT2D eigenvalue weighted by Crippen LogP contribution is -2.46. The minimum Gasteiger partial charge on any atom is -0.467 e. The van der Waals surface area contributed by atoms with Crippen molar-refractivity contribution >= 4 is 11.8 Å². The summed E-state index contributed by atoms with van der Waals surface area (Å²) in [6.07, 6.45) is 1.55. The van der Waals surface area contributed by atoms with Crippen molar-refractivity contribution < 1.29 is 14.0 Å². The average molecular weight is 362 g/mol. The number of hydrogen-bond donors (Lipinski definition) is 2. The molecule has 3 aromatic rings. The first-order chi connectivity index (χ1) is 13.1. The van der Waals surface area contributed by atoms with E-state index >= 15 is 0 Å². The van der Waals surface area contributed by atoms with Crippen molar-refractivity contribution in [2.45, 2.75) is 25.4 Å². The molecule has 5 heteroatoms. The fourth-order valence-corrected chi connectivity index (χ4v) is 2.89. The van der Waals surface area contributed by atoms with Gasteiger partial charge in [-0.1, -0.05) is 60.7 Å². The van der Waals surface area contributed by atoms with Crippen LogP contribution in [0.4, 0.5) is 0 Å². The Labute approximate surface area is 158 Å². The number of carbonyl (C=O) groups excluding carboxylic acids is 2. The lowest BCUT2D eigenvalue weighted by atomic mass is 9.90. The number of nitrogens with one attached hydrogen (secondary N) is 2. The Bertz CT molecular complexity index is 822. The third-order valence-corrected chi connectivity index (χ3v) is 4.30. The zero-order valence-corrected chi connectivity index (χ0v) is 15.1. The molecule has 1 aromatic heterocycles. The van der Waals surface area contributed by atoms with Gasteiger partial charge in [-0.25, -0.2) is 0 Å². The molecule has 2 amide bonds. The molecular weight excluding hydrogens is 340 g/mol. The van der Waals surface area contributed by atoms with Gasteiger partial charge in [0.15, 0.2) is 0 Å². The van der Waals surface area contributed by atoms with E-state index in [-0.39, 0.29) is 18.4 Å². The predicted octanol–water partition coefficient (Wildman–Crippen LogP) is 3.23. The smallest absolute Gasteiger partial charge is 0.242 e. The van der Waals surface area contributed by atoms with Crippen LogP contribution in [-0.4, -0.2) is 17.9 Å². The third kappa shape index (κ3) is 4.85. The molecule has 0 fully saturated rings. The van der Waals surface area contributed by atoms with Gasteiger partial charge in [-0.15, -0.1) is 0 Å². The molecule has 0 aliphatic carbocycles. The van der Waals surface area contributed by atoms with E-state index in [1.807, 2.05) is 60.7 Å². The highest BCUT2D eigenvalue weighted by Crippen LogP contribution is 2.24. The van der Waals surface area contributed by atoms with E-state index in [9.17, 15) is 9.59 Å². The Morgan fingerprint density at radius 3 is 1.96 bits per heavy atom. The topological polar surface area (TPSA) is 71.3 Å². The highest BCUT2D eigenvalue weighted by atomic mass is 16.3. The number of carbonyl (C=O) groups is 2. The largest absolute Gasteiger partial charge is 0.467 e. The van der Waals surface area contributed by atoms with E-state index in [0.29, 0.717) is 5.76 Å². The van der Waals surface area contributed by atoms with E-state index in [0.717, 1.165) is 11.1 Å². The molecule has 5 nitrogen and oxygen atoms in total. The number of hydrogen-bond acceptors (Lipinski definition) is 3. The summed E-state index contributed by atoms with van der Waals surface area (Å²) in [5.74, 6) is -0.297. The van der Waals surface area contributed by atoms with Crippen LogP contribution in [0.3, 0.4) is 0 Å². The maximum absolute atomic E-state index is 13.0. The predicted molar refractivity (Wildman–Crippen MR) is 103 cm³/mol. The van der Waals surface area contributed by atoms with Crippen LogP contribution >= 0.6 is 0 Å². The molecule has 1 atom stereocenters. The van der Waals surface area contributed by atoms with Crippen LogP contribution in [0.5, 0.6) is 0 Å². The number of amides is 2. The van der Waals surface area contributed by atoms with Crippen LogP contribution in [0.25, 0.3) is 0 Å². The summed E-state index contributed by atoms with van der Waals surface area (Å²) in [4.78, 5) is 25.3. The fraction of sp³-hybridized carbons (Fsp3) is 0.182. The molecule has 0 saturated carbocycles. The highest BCUT2D eigenvalue weighted by Gasteiger charge is 2.25. The van der Waals surface area contributed by atoms with E-state index in [1.165, 1.54) is 0 Å². The van der Waals surface area contributed by atoms with Crippen LogP contribution in [-0.2, 0) is 16.1 Å². The van der Waals surface area contributed by atoms with Crippen LogP contribution in [0, 0.1) is 0 Å². The summed E-state index contributed by atoms with van der Waals surface area (Å²) in [7, 11) is 0. The molecule has 0 radical (unpaired) electrons. The van der Waals surface area contributed by atoms with Crippen LogP contribution in [0.15, 0.2) is 83.5 Å². The number of furan rings is 1. The Morgan fingerprint density at radius 2 is 1.44 bits per heavy atom. The fourth-order valence-electron chi connectivity index (χ4n) is 2.89. The van der Waals surface area contributed by atoms with Gasteiger partial charge in [0.05, 0.1) is 18.7 Å². The van der Waals surface area contributed by atoms with Crippen molar-refractivity contribution in [2.24, 2.45) is 0 Å². The average Bonchev–Trinajstić information content (AvgIpc) is 3.21. The van der Waals surface area contributed by atoms with E-state index in [4.69, 9.17) is 4.42 Å². The zero-order chi connectivity index (χ0) is 19.1. The van der Waals surface area contributed by atoms with Gasteiger partial charge in [-0.3, -0.25) is 9.59 Å². The molecular formula is C22H22N2O3. The van der Waals surface area contributed by atoms with Crippen LogP contribution in [0.2, 0.25) is 0 Å². The van der Waals surface area contributed by atoms with Gasteiger partial charge in [-0.05, 0) is 30.2 Å². The maximum atomic E-state index is 13.0. The summed E-state index contributed by atoms with van der Waals surface area (Å²) >= 11 is 0. The molecule has 2 N–H and O–H groups in total. The summed E-state index contributed by atoms with van der Waals surface area (Å²) in [6.45, 7) is 1.95. The second-order valence-corrected chi connectivity index (χ2v) is 6.28. The molecule has 0 bridgehead atoms. The quantitative estimate of drug-likeness (QED) is 0.678. The zero-order valence-electron chi connectivity index (χ0n) is 15.1. The Hall–Kier alpha value is -3.34. The second-order valence-electron chi connectivity index (χ2n) is 6.28. The molecule has 3 rings (SSSR count). The first-order valence-corrected chi connectivity index (χ1v) is 8.85. The molecule has 138 valence electrons. The Morgan fingerprint density at radius 1 is 0.852 bits per heavy atom. The minimum absolute atomic E-state index is 0.215. The Kier molecular flexibility index (Phi) is 6.05. The van der Waals surface area contributed by atoms with Crippen LogP contribution in [0.1, 0.15) is 29.7 Å². The van der Waals surface area contributed by atoms with Gasteiger partial charge in [0, 0.05) is 0 Å². The van der Waals surface area contributed by atoms with Gasteiger partial charge >= 0.3 is 0 Å². The standard InChI is InChI=1S/C22H22N2O3/c1-16(21(25)23-15-19-13-8-14-27-19)24-22(26)20(17-9-4-2-5-10-17)18-11-6-3-7-12-18/h2-14,16,20H,15H2,1H3,(H,23,25)(H,24,26)/t16-/m0/s1. The first-order valence-electron chi connectivity index (χ1n) is 8.85. The summed E-state index contributed by atoms with van der Waals surface area (Å²) in [6, 6.07) is 22.0. The summed E-state index contributed by atoms with van der Waals surface area (Å²) in [5.41, 5.74) is 1.76. The van der Waals surface area contributed by atoms with E-state index in [1.54, 1.807) is 25.3 Å². The van der Waals surface area contributed by atoms with Crippen molar-refractivity contribution in [2.75, 3.05) is 0 Å². The molecule has 1 heterocycles. The van der Waals surface area contributed by atoms with Gasteiger partial charge in [0.2, 0.25) is 11.8 Å².